The predicted molar refractivity (Wildman–Crippen MR) is 210 cm³/mol. The van der Waals surface area contributed by atoms with Crippen molar-refractivity contribution in [1.82, 2.24) is 19.5 Å². The number of fused-ring (bicyclic) bond motifs is 1. The Labute approximate surface area is 317 Å². The quantitative estimate of drug-likeness (QED) is 0.0930. The fraction of sp³-hybridized carbons (Fsp3) is 0.415. The van der Waals surface area contributed by atoms with Crippen LogP contribution in [-0.4, -0.2) is 66.8 Å². The summed E-state index contributed by atoms with van der Waals surface area (Å²) in [5.41, 5.74) is 1.64. The van der Waals surface area contributed by atoms with Crippen LogP contribution in [0.2, 0.25) is 18.1 Å². The fourth-order valence-electron chi connectivity index (χ4n) is 6.44. The first-order valence-electron chi connectivity index (χ1n) is 18.3. The number of imidazole rings is 1. The van der Waals surface area contributed by atoms with Crippen molar-refractivity contribution in [3.8, 4) is 11.5 Å². The van der Waals surface area contributed by atoms with E-state index in [0.717, 1.165) is 28.2 Å². The zero-order chi connectivity index (χ0) is 38.8. The molecule has 12 nitrogen and oxygen atoms in total. The van der Waals surface area contributed by atoms with Crippen molar-refractivity contribution < 1.29 is 28.2 Å². The highest BCUT2D eigenvalue weighted by Gasteiger charge is 2.47. The van der Waals surface area contributed by atoms with Crippen molar-refractivity contribution in [1.29, 1.82) is 0 Å². The highest BCUT2D eigenvalue weighted by atomic mass is 28.4. The van der Waals surface area contributed by atoms with Crippen molar-refractivity contribution in [2.24, 2.45) is 5.92 Å². The first-order chi connectivity index (χ1) is 25.7. The fourth-order valence-corrected chi connectivity index (χ4v) is 7.80. The van der Waals surface area contributed by atoms with Crippen molar-refractivity contribution in [2.45, 2.75) is 83.2 Å². The Hall–Kier alpha value is -4.82. The molecule has 1 aliphatic heterocycles. The second kappa shape index (κ2) is 15.5. The maximum atomic E-state index is 13.1. The monoisotopic (exact) mass is 753 g/mol. The van der Waals surface area contributed by atoms with Crippen LogP contribution in [0.1, 0.15) is 64.0 Å². The molecule has 6 rings (SSSR count). The highest BCUT2D eigenvalue weighted by molar-refractivity contribution is 6.74. The lowest BCUT2D eigenvalue weighted by Gasteiger charge is -2.40. The number of nitrogens with zero attached hydrogens (tertiary/aromatic N) is 3. The molecular formula is C41H51N5O7Si. The lowest BCUT2D eigenvalue weighted by molar-refractivity contribution is -0.118. The minimum Gasteiger partial charge on any atom is -0.497 e. The molecule has 3 heterocycles. The molecule has 3 atom stereocenters. The van der Waals surface area contributed by atoms with E-state index in [1.165, 1.54) is 0 Å². The zero-order valence-electron chi connectivity index (χ0n) is 32.5. The number of H-pyrrole nitrogens is 1. The third-order valence-corrected chi connectivity index (χ3v) is 15.1. The van der Waals surface area contributed by atoms with Crippen molar-refractivity contribution >= 4 is 31.3 Å². The lowest BCUT2D eigenvalue weighted by Crippen LogP contribution is -2.47. The molecule has 1 amide bonds. The van der Waals surface area contributed by atoms with Gasteiger partial charge in [-0.3, -0.25) is 24.5 Å². The second-order valence-corrected chi connectivity index (χ2v) is 20.2. The number of carbonyl (C=O) groups is 1. The molecule has 286 valence electrons. The summed E-state index contributed by atoms with van der Waals surface area (Å²) >= 11 is 0. The van der Waals surface area contributed by atoms with E-state index in [-0.39, 0.29) is 41.0 Å². The summed E-state index contributed by atoms with van der Waals surface area (Å²) in [5, 5.41) is 2.63. The molecule has 1 aliphatic rings. The van der Waals surface area contributed by atoms with Crippen LogP contribution >= 0.6 is 0 Å². The number of ether oxygens (including phenoxy) is 4. The topological polar surface area (TPSA) is 139 Å². The summed E-state index contributed by atoms with van der Waals surface area (Å²) in [4.78, 5) is 37.2. The summed E-state index contributed by atoms with van der Waals surface area (Å²) in [6, 6.07) is 25.9. The Morgan fingerprint density at radius 3 is 2.06 bits per heavy atom. The molecular weight excluding hydrogens is 703 g/mol. The number of benzene rings is 3. The molecule has 0 saturated carbocycles. The van der Waals surface area contributed by atoms with E-state index in [2.05, 4.69) is 66.3 Å². The Morgan fingerprint density at radius 1 is 0.944 bits per heavy atom. The van der Waals surface area contributed by atoms with E-state index < -0.39 is 31.8 Å². The van der Waals surface area contributed by atoms with E-state index in [4.69, 9.17) is 23.4 Å². The molecule has 0 radical (unpaired) electrons. The first kappa shape index (κ1) is 38.9. The number of amides is 1. The molecule has 1 fully saturated rings. The van der Waals surface area contributed by atoms with E-state index >= 15 is 0 Å². The van der Waals surface area contributed by atoms with E-state index in [9.17, 15) is 9.59 Å². The average Bonchev–Trinajstić information content (AvgIpc) is 3.76. The van der Waals surface area contributed by atoms with Crippen LogP contribution in [0.3, 0.4) is 0 Å². The third kappa shape index (κ3) is 7.72. The molecule has 54 heavy (non-hydrogen) atoms. The van der Waals surface area contributed by atoms with Crippen molar-refractivity contribution in [2.75, 3.05) is 26.1 Å². The summed E-state index contributed by atoms with van der Waals surface area (Å²) in [7, 11) is 0.971. The molecule has 2 N–H and O–H groups in total. The number of aromatic nitrogens is 4. The van der Waals surface area contributed by atoms with Gasteiger partial charge in [0.1, 0.15) is 29.4 Å². The summed E-state index contributed by atoms with van der Waals surface area (Å²) < 4.78 is 34.1. The number of rotatable bonds is 13. The van der Waals surface area contributed by atoms with E-state index in [0.29, 0.717) is 12.1 Å². The Bertz CT molecular complexity index is 2060. The second-order valence-electron chi connectivity index (χ2n) is 15.5. The first-order valence-corrected chi connectivity index (χ1v) is 21.2. The summed E-state index contributed by atoms with van der Waals surface area (Å²) in [5.74, 6) is 0.934. The number of aromatic amines is 1. The van der Waals surface area contributed by atoms with Gasteiger partial charge in [-0.15, -0.1) is 0 Å². The molecule has 3 aromatic carbocycles. The Kier molecular flexibility index (Phi) is 11.2. The zero-order valence-corrected chi connectivity index (χ0v) is 33.5. The van der Waals surface area contributed by atoms with E-state index in [1.807, 2.05) is 66.7 Å². The Balaban J connectivity index is 1.42. The van der Waals surface area contributed by atoms with Gasteiger partial charge in [0, 0.05) is 12.3 Å². The maximum Gasteiger partial charge on any atom is 0.280 e. The van der Waals surface area contributed by atoms with Gasteiger partial charge in [0.15, 0.2) is 19.5 Å². The standard InChI is InChI=1S/C41H51N5O7Si/c1-26(2)37(47)44-39-43-36-35(38(48)45-39)42-25-46(36)34-23-32(53-54(8,9)40(3,4)5)33(52-34)24-51-41(27-13-11-10-12-14-27,28-15-19-30(49-6)20-16-28)29-17-21-31(50-7)22-18-29/h10-22,25-26,32-34H,23-24H2,1-9H3,(H2,43,44,45,47,48). The van der Waals surface area contributed by atoms with E-state index in [1.54, 1.807) is 39.0 Å². The number of carbonyl (C=O) groups excluding carboxylic acids is 1. The minimum atomic E-state index is -2.32. The van der Waals surface area contributed by atoms with Gasteiger partial charge >= 0.3 is 0 Å². The number of anilines is 1. The van der Waals surface area contributed by atoms with Gasteiger partial charge in [-0.05, 0) is 59.1 Å². The number of nitrogens with one attached hydrogen (secondary N) is 2. The van der Waals surface area contributed by atoms with Gasteiger partial charge < -0.3 is 23.4 Å². The molecule has 2 aromatic heterocycles. The molecule has 3 unspecified atom stereocenters. The normalized spacial score (nSPS) is 17.9. The summed E-state index contributed by atoms with van der Waals surface area (Å²) in [6.45, 7) is 14.7. The van der Waals surface area contributed by atoms with Crippen LogP contribution in [-0.2, 0) is 24.3 Å². The maximum absolute atomic E-state index is 13.1. The van der Waals surface area contributed by atoms with Crippen LogP contribution in [0.25, 0.3) is 11.2 Å². The Morgan fingerprint density at radius 2 is 1.52 bits per heavy atom. The predicted octanol–water partition coefficient (Wildman–Crippen LogP) is 7.42. The van der Waals surface area contributed by atoms with Gasteiger partial charge in [0.2, 0.25) is 11.9 Å². The average molecular weight is 754 g/mol. The largest absolute Gasteiger partial charge is 0.497 e. The van der Waals surface area contributed by atoms with Gasteiger partial charge in [-0.1, -0.05) is 89.2 Å². The number of hydrogen-bond donors (Lipinski definition) is 2. The lowest BCUT2D eigenvalue weighted by atomic mass is 9.80. The van der Waals surface area contributed by atoms with Crippen molar-refractivity contribution in [3.63, 3.8) is 0 Å². The van der Waals surface area contributed by atoms with Gasteiger partial charge in [-0.25, -0.2) is 4.98 Å². The van der Waals surface area contributed by atoms with Crippen LogP contribution in [0, 0.1) is 5.92 Å². The smallest absolute Gasteiger partial charge is 0.280 e. The molecule has 5 aromatic rings. The van der Waals surface area contributed by atoms with Crippen LogP contribution in [0.4, 0.5) is 5.95 Å². The molecule has 13 heteroatoms. The molecule has 0 aliphatic carbocycles. The number of methoxy groups -OCH3 is 2. The van der Waals surface area contributed by atoms with Crippen LogP contribution in [0.5, 0.6) is 11.5 Å². The van der Waals surface area contributed by atoms with Crippen molar-refractivity contribution in [3.05, 3.63) is 112 Å². The molecule has 0 spiro atoms. The van der Waals surface area contributed by atoms with Gasteiger partial charge in [0.05, 0.1) is 33.3 Å². The third-order valence-electron chi connectivity index (χ3n) is 10.6. The SMILES string of the molecule is COc1ccc(C(OCC2OC(n3cnc4c(=O)[nH]c(NC(=O)C(C)C)nc43)CC2O[Si](C)(C)C(C)(C)C)(c2ccccc2)c2ccc(OC)cc2)cc1. The van der Waals surface area contributed by atoms with Crippen LogP contribution in [0.15, 0.2) is 90.0 Å². The van der Waals surface area contributed by atoms with Gasteiger partial charge in [0.25, 0.3) is 5.56 Å². The van der Waals surface area contributed by atoms with Crippen LogP contribution < -0.4 is 20.3 Å². The molecule has 1 saturated heterocycles. The number of hydrogen-bond acceptors (Lipinski definition) is 9. The molecule has 0 bridgehead atoms. The highest BCUT2D eigenvalue weighted by Crippen LogP contribution is 2.45. The summed E-state index contributed by atoms with van der Waals surface area (Å²) in [6.07, 6.45) is 0.534. The minimum absolute atomic E-state index is 0.0477. The van der Waals surface area contributed by atoms with Gasteiger partial charge in [-0.2, -0.15) is 4.98 Å².